The molecule has 52 valence electrons. The molecule has 0 bridgehead atoms. The average molecular weight is 134 g/mol. The van der Waals surface area contributed by atoms with Crippen LogP contribution in [0.5, 0.6) is 0 Å². The van der Waals surface area contributed by atoms with Gasteiger partial charge < -0.3 is 4.74 Å². The van der Waals surface area contributed by atoms with Gasteiger partial charge in [-0.05, 0) is 6.92 Å². The SMILES string of the molecule is CC1OC12CC(F)(F)C2. The first-order chi connectivity index (χ1) is 4.04. The Morgan fingerprint density at radius 2 is 1.89 bits per heavy atom. The van der Waals surface area contributed by atoms with Crippen LogP contribution in [0.4, 0.5) is 8.78 Å². The topological polar surface area (TPSA) is 12.5 Å². The van der Waals surface area contributed by atoms with Crippen LogP contribution in [0.1, 0.15) is 19.8 Å². The predicted molar refractivity (Wildman–Crippen MR) is 27.5 cm³/mol. The summed E-state index contributed by atoms with van der Waals surface area (Å²) in [4.78, 5) is 0. The molecule has 0 radical (unpaired) electrons. The summed E-state index contributed by atoms with van der Waals surface area (Å²) in [5, 5.41) is 0. The van der Waals surface area contributed by atoms with Crippen molar-refractivity contribution in [3.63, 3.8) is 0 Å². The van der Waals surface area contributed by atoms with Gasteiger partial charge in [-0.15, -0.1) is 0 Å². The van der Waals surface area contributed by atoms with Gasteiger partial charge in [0.2, 0.25) is 0 Å². The Morgan fingerprint density at radius 1 is 1.44 bits per heavy atom. The first kappa shape index (κ1) is 5.59. The zero-order valence-corrected chi connectivity index (χ0v) is 5.16. The van der Waals surface area contributed by atoms with E-state index in [1.54, 1.807) is 0 Å². The van der Waals surface area contributed by atoms with Crippen molar-refractivity contribution >= 4 is 0 Å². The van der Waals surface area contributed by atoms with Crippen LogP contribution in [-0.4, -0.2) is 17.6 Å². The van der Waals surface area contributed by atoms with E-state index in [0.717, 1.165) is 0 Å². The van der Waals surface area contributed by atoms with E-state index in [4.69, 9.17) is 4.74 Å². The minimum absolute atomic E-state index is 0.0544. The van der Waals surface area contributed by atoms with Crippen LogP contribution in [0.3, 0.4) is 0 Å². The van der Waals surface area contributed by atoms with Gasteiger partial charge in [-0.25, -0.2) is 8.78 Å². The lowest BCUT2D eigenvalue weighted by Crippen LogP contribution is -2.43. The number of hydrogen-bond acceptors (Lipinski definition) is 1. The Kier molecular flexibility index (Phi) is 0.712. The molecule has 9 heavy (non-hydrogen) atoms. The summed E-state index contributed by atoms with van der Waals surface area (Å²) in [6, 6.07) is 0. The second-order valence-corrected chi connectivity index (χ2v) is 3.03. The van der Waals surface area contributed by atoms with Crippen LogP contribution in [0.25, 0.3) is 0 Å². The molecule has 1 aliphatic heterocycles. The largest absolute Gasteiger partial charge is 0.366 e. The summed E-state index contributed by atoms with van der Waals surface area (Å²) in [5.41, 5.74) is -0.385. The van der Waals surface area contributed by atoms with Crippen molar-refractivity contribution in [2.75, 3.05) is 0 Å². The van der Waals surface area contributed by atoms with E-state index in [0.29, 0.717) is 0 Å². The number of hydrogen-bond donors (Lipinski definition) is 0. The van der Waals surface area contributed by atoms with Crippen molar-refractivity contribution in [2.24, 2.45) is 0 Å². The van der Waals surface area contributed by atoms with Gasteiger partial charge in [0.1, 0.15) is 5.60 Å². The van der Waals surface area contributed by atoms with Crippen molar-refractivity contribution in [3.8, 4) is 0 Å². The molecule has 2 fully saturated rings. The maximum Gasteiger partial charge on any atom is 0.253 e. The third-order valence-corrected chi connectivity index (χ3v) is 2.21. The number of alkyl halides is 2. The highest BCUT2D eigenvalue weighted by atomic mass is 19.3. The number of epoxide rings is 1. The molecule has 0 amide bonds. The minimum Gasteiger partial charge on any atom is -0.366 e. The Labute approximate surface area is 52.0 Å². The van der Waals surface area contributed by atoms with E-state index in [2.05, 4.69) is 0 Å². The highest BCUT2D eigenvalue weighted by Crippen LogP contribution is 2.59. The van der Waals surface area contributed by atoms with Crippen LogP contribution in [-0.2, 0) is 4.74 Å². The second-order valence-electron chi connectivity index (χ2n) is 3.03. The summed E-state index contributed by atoms with van der Waals surface area (Å²) in [5.74, 6) is -2.43. The molecule has 1 saturated heterocycles. The fourth-order valence-corrected chi connectivity index (χ4v) is 1.51. The fourth-order valence-electron chi connectivity index (χ4n) is 1.51. The van der Waals surface area contributed by atoms with Crippen molar-refractivity contribution in [1.29, 1.82) is 0 Å². The average Bonchev–Trinajstić information content (AvgIpc) is 2.09. The zero-order valence-electron chi connectivity index (χ0n) is 5.16. The minimum atomic E-state index is -2.43. The summed E-state index contributed by atoms with van der Waals surface area (Å²) in [6.07, 6.45) is -0.0281. The van der Waals surface area contributed by atoms with E-state index in [1.165, 1.54) is 0 Å². The van der Waals surface area contributed by atoms with E-state index in [1.807, 2.05) is 6.92 Å². The molecule has 2 aliphatic rings. The van der Waals surface area contributed by atoms with Crippen molar-refractivity contribution in [1.82, 2.24) is 0 Å². The van der Waals surface area contributed by atoms with Gasteiger partial charge in [0, 0.05) is 12.8 Å². The number of ether oxygens (including phenoxy) is 1. The quantitative estimate of drug-likeness (QED) is 0.458. The molecule has 1 heterocycles. The zero-order chi connectivity index (χ0) is 6.70. The molecule has 0 aromatic carbocycles. The fraction of sp³-hybridized carbons (Fsp3) is 1.00. The highest BCUT2D eigenvalue weighted by Gasteiger charge is 2.69. The summed E-state index contributed by atoms with van der Waals surface area (Å²) in [6.45, 7) is 1.84. The molecule has 1 atom stereocenters. The first-order valence-corrected chi connectivity index (χ1v) is 3.10. The van der Waals surface area contributed by atoms with E-state index >= 15 is 0 Å². The number of halogens is 2. The van der Waals surface area contributed by atoms with E-state index in [-0.39, 0.29) is 24.5 Å². The molecule has 0 aromatic rings. The maximum atomic E-state index is 12.2. The number of rotatable bonds is 0. The molecule has 1 spiro atoms. The monoisotopic (exact) mass is 134 g/mol. The van der Waals surface area contributed by atoms with Crippen LogP contribution in [0.15, 0.2) is 0 Å². The smallest absolute Gasteiger partial charge is 0.253 e. The maximum absolute atomic E-state index is 12.2. The van der Waals surface area contributed by atoms with Gasteiger partial charge in [-0.1, -0.05) is 0 Å². The van der Waals surface area contributed by atoms with Crippen molar-refractivity contribution < 1.29 is 13.5 Å². The molecule has 0 N–H and O–H groups in total. The second kappa shape index (κ2) is 1.15. The van der Waals surface area contributed by atoms with Gasteiger partial charge in [0.15, 0.2) is 0 Å². The predicted octanol–water partition coefficient (Wildman–Crippen LogP) is 1.57. The molecular weight excluding hydrogens is 126 g/mol. The molecule has 3 heteroatoms. The first-order valence-electron chi connectivity index (χ1n) is 3.10. The summed E-state index contributed by atoms with van der Waals surface area (Å²) >= 11 is 0. The third kappa shape index (κ3) is 0.611. The van der Waals surface area contributed by atoms with Crippen LogP contribution in [0, 0.1) is 0 Å². The molecule has 1 saturated carbocycles. The van der Waals surface area contributed by atoms with Crippen LogP contribution >= 0.6 is 0 Å². The molecular formula is C6H8F2O. The third-order valence-electron chi connectivity index (χ3n) is 2.21. The van der Waals surface area contributed by atoms with E-state index < -0.39 is 5.92 Å². The van der Waals surface area contributed by atoms with E-state index in [9.17, 15) is 8.78 Å². The summed E-state index contributed by atoms with van der Waals surface area (Å²) < 4.78 is 29.3. The van der Waals surface area contributed by atoms with Gasteiger partial charge in [-0.3, -0.25) is 0 Å². The van der Waals surface area contributed by atoms with Crippen LogP contribution < -0.4 is 0 Å². The standard InChI is InChI=1S/C6H8F2O/c1-4-5(9-4)2-6(7,8)3-5/h4H,2-3H2,1H3. The molecule has 1 aliphatic carbocycles. The van der Waals surface area contributed by atoms with Crippen LogP contribution in [0.2, 0.25) is 0 Å². The van der Waals surface area contributed by atoms with Gasteiger partial charge in [-0.2, -0.15) is 0 Å². The molecule has 1 nitrogen and oxygen atoms in total. The van der Waals surface area contributed by atoms with Crippen molar-refractivity contribution in [2.45, 2.75) is 37.4 Å². The summed E-state index contributed by atoms with van der Waals surface area (Å²) in [7, 11) is 0. The lowest BCUT2D eigenvalue weighted by molar-refractivity contribution is -0.120. The van der Waals surface area contributed by atoms with Gasteiger partial charge in [0.05, 0.1) is 6.10 Å². The lowest BCUT2D eigenvalue weighted by atomic mass is 9.79. The Hall–Kier alpha value is -0.180. The Balaban J connectivity index is 1.99. The molecule has 0 aromatic heterocycles. The Bertz CT molecular complexity index is 147. The lowest BCUT2D eigenvalue weighted by Gasteiger charge is -2.32. The normalized spacial score (nSPS) is 42.3. The molecule has 2 rings (SSSR count). The highest BCUT2D eigenvalue weighted by molar-refractivity contribution is 5.13. The molecule has 1 unspecified atom stereocenters. The van der Waals surface area contributed by atoms with Gasteiger partial charge >= 0.3 is 0 Å². The van der Waals surface area contributed by atoms with Crippen molar-refractivity contribution in [3.05, 3.63) is 0 Å². The Morgan fingerprint density at radius 3 is 2.00 bits per heavy atom. The van der Waals surface area contributed by atoms with Gasteiger partial charge in [0.25, 0.3) is 5.92 Å².